The molecule has 3 N–H and O–H groups in total. The van der Waals surface area contributed by atoms with Gasteiger partial charge in [0.05, 0.1) is 35.0 Å². The van der Waals surface area contributed by atoms with Gasteiger partial charge in [-0.05, 0) is 74.2 Å². The Morgan fingerprint density at radius 1 is 0.911 bits per heavy atom. The largest absolute Gasteiger partial charge is 0.487 e. The van der Waals surface area contributed by atoms with Crippen LogP contribution >= 0.6 is 11.6 Å². The topological polar surface area (TPSA) is 179 Å². The summed E-state index contributed by atoms with van der Waals surface area (Å²) >= 11 is 4.84. The highest BCUT2D eigenvalue weighted by Crippen LogP contribution is 2.36. The van der Waals surface area contributed by atoms with Gasteiger partial charge in [-0.2, -0.15) is 5.10 Å². The first-order valence-electron chi connectivity index (χ1n) is 18.1. The number of fused-ring (bicyclic) bond motifs is 1. The van der Waals surface area contributed by atoms with Crippen LogP contribution in [0.1, 0.15) is 69.2 Å². The first-order chi connectivity index (χ1) is 26.8. The molecule has 0 radical (unpaired) electrons. The zero-order chi connectivity index (χ0) is 39.3. The second-order valence-electron chi connectivity index (χ2n) is 14.1. The number of carbonyl (C=O) groups excluding carboxylic acids is 5. The summed E-state index contributed by atoms with van der Waals surface area (Å²) in [4.78, 5) is 73.7. The van der Waals surface area contributed by atoms with Gasteiger partial charge in [-0.15, -0.1) is 8.78 Å². The third-order valence-corrected chi connectivity index (χ3v) is 10.6. The fourth-order valence-electron chi connectivity index (χ4n) is 7.64. The molecule has 15 nitrogen and oxygen atoms in total. The van der Waals surface area contributed by atoms with Gasteiger partial charge in [0.1, 0.15) is 17.6 Å². The number of benzene rings is 2. The minimum atomic E-state index is -3.87. The molecule has 0 saturated carbocycles. The van der Waals surface area contributed by atoms with E-state index < -0.39 is 47.2 Å². The Kier molecular flexibility index (Phi) is 9.66. The monoisotopic (exact) mass is 788 g/mol. The smallest absolute Gasteiger partial charge is 0.420 e. The number of aliphatic hydroxyl groups excluding tert-OH is 1. The van der Waals surface area contributed by atoms with Gasteiger partial charge >= 0.3 is 5.57 Å². The van der Waals surface area contributed by atoms with Crippen LogP contribution in [-0.4, -0.2) is 98.2 Å². The molecule has 0 bridgehead atoms. The maximum atomic E-state index is 13.4. The van der Waals surface area contributed by atoms with Gasteiger partial charge in [0, 0.05) is 79.1 Å². The highest BCUT2D eigenvalue weighted by atomic mass is 35.5. The number of hydrogen-bond acceptors (Lipinski definition) is 11. The molecule has 2 aromatic heterocycles. The second-order valence-corrected chi connectivity index (χ2v) is 14.6. The average Bonchev–Trinajstić information content (AvgIpc) is 3.90. The van der Waals surface area contributed by atoms with E-state index in [1.165, 1.54) is 30.5 Å². The Bertz CT molecular complexity index is 2240. The Hall–Kier alpha value is -5.94. The first kappa shape index (κ1) is 37.0. The highest BCUT2D eigenvalue weighted by molar-refractivity contribution is 6.24. The SMILES string of the molecule is O=C1CCC(N2C(=O)c3ccc(N4CCC(n5cc(-c6cc(C(=O)Nc7ccc(OC(F)(F)Cl)cc7)cnc6N6CC[C@@H](O)C6)cn5)CC4)cc3C2=O)C(=O)N1. The molecule has 18 heteroatoms. The van der Waals surface area contributed by atoms with Crippen molar-refractivity contribution >= 4 is 58.3 Å². The molecule has 3 fully saturated rings. The number of anilines is 3. The van der Waals surface area contributed by atoms with Crippen LogP contribution in [-0.2, 0) is 9.59 Å². The minimum absolute atomic E-state index is 0.0304. The Morgan fingerprint density at radius 2 is 1.64 bits per heavy atom. The van der Waals surface area contributed by atoms with Crippen molar-refractivity contribution in [3.05, 3.63) is 83.8 Å². The van der Waals surface area contributed by atoms with E-state index in [0.717, 1.165) is 16.2 Å². The van der Waals surface area contributed by atoms with E-state index >= 15 is 0 Å². The number of β-amino-alcohol motifs (C(OH)–C–C–N with tert-alkyl or cyclic N) is 1. The van der Waals surface area contributed by atoms with Crippen molar-refractivity contribution in [2.45, 2.75) is 55.9 Å². The van der Waals surface area contributed by atoms with Crippen LogP contribution in [0, 0.1) is 0 Å². The third-order valence-electron chi connectivity index (χ3n) is 10.5. The summed E-state index contributed by atoms with van der Waals surface area (Å²) in [6, 6.07) is 11.1. The van der Waals surface area contributed by atoms with Crippen molar-refractivity contribution in [1.29, 1.82) is 0 Å². The lowest BCUT2D eigenvalue weighted by Gasteiger charge is -2.33. The molecule has 0 aliphatic carbocycles. The van der Waals surface area contributed by atoms with Crippen molar-refractivity contribution in [2.75, 3.05) is 41.3 Å². The van der Waals surface area contributed by atoms with Gasteiger partial charge in [0.25, 0.3) is 17.7 Å². The fraction of sp³-hybridized carbons (Fsp3) is 0.342. The number of ether oxygens (including phenoxy) is 1. The number of amides is 5. The lowest BCUT2D eigenvalue weighted by molar-refractivity contribution is -0.136. The number of rotatable bonds is 9. The fourth-order valence-corrected chi connectivity index (χ4v) is 7.73. The molecule has 290 valence electrons. The Labute approximate surface area is 323 Å². The number of aliphatic hydroxyl groups is 1. The molecule has 6 heterocycles. The summed E-state index contributed by atoms with van der Waals surface area (Å²) in [6.45, 7) is 2.22. The molecule has 1 unspecified atom stereocenters. The quantitative estimate of drug-likeness (QED) is 0.164. The minimum Gasteiger partial charge on any atom is -0.420 e. The zero-order valence-electron chi connectivity index (χ0n) is 29.7. The normalized spacial score (nSPS) is 20.4. The molecular weight excluding hydrogens is 754 g/mol. The van der Waals surface area contributed by atoms with Gasteiger partial charge in [0.2, 0.25) is 11.8 Å². The van der Waals surface area contributed by atoms with Gasteiger partial charge < -0.3 is 25.0 Å². The van der Waals surface area contributed by atoms with E-state index in [0.29, 0.717) is 62.5 Å². The summed E-state index contributed by atoms with van der Waals surface area (Å²) in [6.07, 6.45) is 6.68. The Balaban J connectivity index is 0.961. The Morgan fingerprint density at radius 3 is 2.34 bits per heavy atom. The first-order valence-corrected chi connectivity index (χ1v) is 18.4. The molecule has 4 aromatic rings. The number of pyridine rings is 1. The van der Waals surface area contributed by atoms with Gasteiger partial charge in [-0.3, -0.25) is 38.9 Å². The molecule has 2 atom stereocenters. The van der Waals surface area contributed by atoms with Crippen molar-refractivity contribution in [3.63, 3.8) is 0 Å². The van der Waals surface area contributed by atoms with Crippen LogP contribution in [0.25, 0.3) is 11.1 Å². The number of halogens is 3. The molecule has 3 saturated heterocycles. The number of aromatic nitrogens is 3. The molecule has 56 heavy (non-hydrogen) atoms. The molecule has 4 aliphatic heterocycles. The summed E-state index contributed by atoms with van der Waals surface area (Å²) in [5, 5.41) is 19.9. The highest BCUT2D eigenvalue weighted by Gasteiger charge is 2.45. The van der Waals surface area contributed by atoms with Crippen LogP contribution in [0.4, 0.5) is 26.0 Å². The van der Waals surface area contributed by atoms with Crippen LogP contribution < -0.4 is 25.2 Å². The zero-order valence-corrected chi connectivity index (χ0v) is 30.4. The molecule has 2 aromatic carbocycles. The summed E-state index contributed by atoms with van der Waals surface area (Å²) in [7, 11) is 0. The van der Waals surface area contributed by atoms with E-state index in [1.807, 2.05) is 15.8 Å². The summed E-state index contributed by atoms with van der Waals surface area (Å²) in [5.74, 6) is -2.26. The molecule has 4 aliphatic rings. The molecule has 0 spiro atoms. The number of alkyl halides is 3. The maximum Gasteiger partial charge on any atom is 0.487 e. The maximum absolute atomic E-state index is 13.4. The van der Waals surface area contributed by atoms with Crippen LogP contribution in [0.2, 0.25) is 0 Å². The summed E-state index contributed by atoms with van der Waals surface area (Å²) in [5.41, 5.74) is -0.703. The van der Waals surface area contributed by atoms with Crippen molar-refractivity contribution in [1.82, 2.24) is 25.0 Å². The van der Waals surface area contributed by atoms with Gasteiger partial charge in [0.15, 0.2) is 0 Å². The van der Waals surface area contributed by atoms with E-state index in [1.54, 1.807) is 30.5 Å². The van der Waals surface area contributed by atoms with Gasteiger partial charge in [-0.1, -0.05) is 0 Å². The second kappa shape index (κ2) is 14.6. The lowest BCUT2D eigenvalue weighted by Crippen LogP contribution is -2.54. The number of nitrogens with zero attached hydrogens (tertiary/aromatic N) is 6. The standard InChI is InChI=1S/C38H35ClF2N8O7/c39-38(40,41)56-27-4-1-23(2-5-27)44-34(52)21-15-29(33(42-17-21)47-14-11-26(50)20-47)22-18-43-48(19-22)24-9-12-46(13-10-24)25-3-6-28-30(16-25)37(55)49(36(28)54)31-7-8-32(51)45-35(31)53/h1-6,15-19,24,26,31,50H,7-14,20H2,(H,44,52)(H,45,51,53)/t26-,31?/m1/s1. The van der Waals surface area contributed by atoms with Crippen LogP contribution in [0.15, 0.2) is 67.1 Å². The third kappa shape index (κ3) is 7.38. The van der Waals surface area contributed by atoms with Crippen molar-refractivity contribution < 1.29 is 42.6 Å². The van der Waals surface area contributed by atoms with Crippen molar-refractivity contribution in [3.8, 4) is 16.9 Å². The van der Waals surface area contributed by atoms with E-state index in [4.69, 9.17) is 11.6 Å². The van der Waals surface area contributed by atoms with Crippen molar-refractivity contribution in [2.24, 2.45) is 0 Å². The number of hydrogen-bond donors (Lipinski definition) is 3. The average molecular weight is 789 g/mol. The van der Waals surface area contributed by atoms with Gasteiger partial charge in [-0.25, -0.2) is 4.98 Å². The predicted molar refractivity (Wildman–Crippen MR) is 198 cm³/mol. The van der Waals surface area contributed by atoms with Crippen LogP contribution in [0.3, 0.4) is 0 Å². The number of carbonyl (C=O) groups is 5. The van der Waals surface area contributed by atoms with Crippen LogP contribution in [0.5, 0.6) is 5.75 Å². The van der Waals surface area contributed by atoms with E-state index in [-0.39, 0.29) is 41.3 Å². The summed E-state index contributed by atoms with van der Waals surface area (Å²) < 4.78 is 32.2. The molecular formula is C38H35ClF2N8O7. The number of imide groups is 2. The molecule has 5 amide bonds. The number of piperidine rings is 2. The molecule has 8 rings (SSSR count). The predicted octanol–water partition coefficient (Wildman–Crippen LogP) is 4.18. The van der Waals surface area contributed by atoms with E-state index in [2.05, 4.69) is 30.4 Å². The number of nitrogens with one attached hydrogen (secondary N) is 2. The lowest BCUT2D eigenvalue weighted by atomic mass is 10.0. The van der Waals surface area contributed by atoms with E-state index in [9.17, 15) is 37.9 Å².